The van der Waals surface area contributed by atoms with Gasteiger partial charge < -0.3 is 10.6 Å². The molecule has 2 N–H and O–H groups in total. The molecule has 0 spiro atoms. The van der Waals surface area contributed by atoms with Crippen LogP contribution in [0.1, 0.15) is 34.1 Å². The second kappa shape index (κ2) is 9.24. The fraction of sp³-hybridized carbons (Fsp3) is 0.350. The predicted molar refractivity (Wildman–Crippen MR) is 112 cm³/mol. The normalized spacial score (nSPS) is 12.3. The molecule has 7 heteroatoms. The molecule has 144 valence electrons. The molecular formula is C20H24ClN3O2S. The number of aromatic nitrogens is 1. The first kappa shape index (κ1) is 21.3. The fourth-order valence-electron chi connectivity index (χ4n) is 2.24. The lowest BCUT2D eigenvalue weighted by Gasteiger charge is -2.17. The summed E-state index contributed by atoms with van der Waals surface area (Å²) in [7, 11) is 0. The molecule has 2 aromatic rings. The monoisotopic (exact) mass is 405 g/mol. The SMILES string of the molecule is CC(Sc1ccc(NC(=O)CC(C)(C)C)cc1)C(=O)Nc1ccc(Cl)cn1. The fourth-order valence-corrected chi connectivity index (χ4v) is 3.22. The van der Waals surface area contributed by atoms with Gasteiger partial charge in [-0.15, -0.1) is 11.8 Å². The summed E-state index contributed by atoms with van der Waals surface area (Å²) >= 11 is 7.22. The third-order valence-electron chi connectivity index (χ3n) is 3.49. The lowest BCUT2D eigenvalue weighted by Crippen LogP contribution is -2.22. The van der Waals surface area contributed by atoms with Crippen molar-refractivity contribution in [1.29, 1.82) is 0 Å². The van der Waals surface area contributed by atoms with Crippen molar-refractivity contribution in [3.8, 4) is 0 Å². The van der Waals surface area contributed by atoms with Gasteiger partial charge >= 0.3 is 0 Å². The number of amides is 2. The molecule has 0 aliphatic carbocycles. The molecule has 2 rings (SSSR count). The van der Waals surface area contributed by atoms with Crippen LogP contribution in [0.4, 0.5) is 11.5 Å². The van der Waals surface area contributed by atoms with E-state index in [1.54, 1.807) is 12.1 Å². The third-order valence-corrected chi connectivity index (χ3v) is 4.83. The van der Waals surface area contributed by atoms with E-state index >= 15 is 0 Å². The van der Waals surface area contributed by atoms with Crippen LogP contribution in [0, 0.1) is 5.41 Å². The first-order valence-electron chi connectivity index (χ1n) is 8.61. The van der Waals surface area contributed by atoms with Crippen LogP contribution in [0.25, 0.3) is 0 Å². The number of nitrogens with one attached hydrogen (secondary N) is 2. The predicted octanol–water partition coefficient (Wildman–Crippen LogP) is 5.23. The van der Waals surface area contributed by atoms with Gasteiger partial charge in [-0.2, -0.15) is 0 Å². The molecule has 0 saturated heterocycles. The van der Waals surface area contributed by atoms with E-state index in [1.807, 2.05) is 52.0 Å². The summed E-state index contributed by atoms with van der Waals surface area (Å²) in [5.41, 5.74) is 0.692. The van der Waals surface area contributed by atoms with Crippen LogP contribution in [0.2, 0.25) is 5.02 Å². The Labute approximate surface area is 169 Å². The molecule has 2 amide bonds. The number of anilines is 2. The minimum Gasteiger partial charge on any atom is -0.326 e. The van der Waals surface area contributed by atoms with Crippen molar-refractivity contribution < 1.29 is 9.59 Å². The molecule has 1 atom stereocenters. The first-order chi connectivity index (χ1) is 12.6. The molecule has 0 saturated carbocycles. The zero-order valence-corrected chi connectivity index (χ0v) is 17.4. The molecule has 0 radical (unpaired) electrons. The second-order valence-electron chi connectivity index (χ2n) is 7.42. The number of hydrogen-bond acceptors (Lipinski definition) is 4. The third kappa shape index (κ3) is 7.61. The lowest BCUT2D eigenvalue weighted by atomic mass is 9.92. The molecule has 1 heterocycles. The number of carbonyl (C=O) groups is 2. The van der Waals surface area contributed by atoms with E-state index in [1.165, 1.54) is 18.0 Å². The zero-order valence-electron chi connectivity index (χ0n) is 15.9. The number of halogens is 1. The minimum atomic E-state index is -0.302. The van der Waals surface area contributed by atoms with Crippen LogP contribution >= 0.6 is 23.4 Å². The maximum Gasteiger partial charge on any atom is 0.238 e. The maximum absolute atomic E-state index is 12.3. The highest BCUT2D eigenvalue weighted by molar-refractivity contribution is 8.00. The summed E-state index contributed by atoms with van der Waals surface area (Å²) in [4.78, 5) is 29.3. The summed E-state index contributed by atoms with van der Waals surface area (Å²) in [5.74, 6) is 0.317. The number of benzene rings is 1. The van der Waals surface area contributed by atoms with Gasteiger partial charge in [-0.25, -0.2) is 4.98 Å². The molecule has 0 aliphatic heterocycles. The highest BCUT2D eigenvalue weighted by Gasteiger charge is 2.17. The minimum absolute atomic E-state index is 0.00823. The van der Waals surface area contributed by atoms with Gasteiger partial charge in [0.05, 0.1) is 10.3 Å². The summed E-state index contributed by atoms with van der Waals surface area (Å²) in [6, 6.07) is 10.8. The largest absolute Gasteiger partial charge is 0.326 e. The second-order valence-corrected chi connectivity index (χ2v) is 9.27. The van der Waals surface area contributed by atoms with Gasteiger partial charge in [0.2, 0.25) is 11.8 Å². The molecular weight excluding hydrogens is 382 g/mol. The quantitative estimate of drug-likeness (QED) is 0.645. The van der Waals surface area contributed by atoms with E-state index < -0.39 is 0 Å². The highest BCUT2D eigenvalue weighted by Crippen LogP contribution is 2.26. The molecule has 5 nitrogen and oxygen atoms in total. The van der Waals surface area contributed by atoms with Crippen molar-refractivity contribution >= 4 is 46.7 Å². The molecule has 1 aromatic heterocycles. The van der Waals surface area contributed by atoms with Gasteiger partial charge in [0.15, 0.2) is 0 Å². The Morgan fingerprint density at radius 1 is 1.11 bits per heavy atom. The number of pyridine rings is 1. The van der Waals surface area contributed by atoms with Crippen LogP contribution < -0.4 is 10.6 Å². The molecule has 1 aromatic carbocycles. The Balaban J connectivity index is 1.88. The Hall–Kier alpha value is -2.05. The number of rotatable bonds is 6. The Kier molecular flexibility index (Phi) is 7.27. The van der Waals surface area contributed by atoms with Gasteiger partial charge in [0, 0.05) is 23.2 Å². The van der Waals surface area contributed by atoms with Crippen LogP contribution in [0.15, 0.2) is 47.5 Å². The summed E-state index contributed by atoms with van der Waals surface area (Å²) in [6.45, 7) is 7.91. The van der Waals surface area contributed by atoms with Crippen LogP contribution in [-0.2, 0) is 9.59 Å². The standard InChI is InChI=1S/C20H24ClN3O2S/c1-13(19(26)24-17-10-5-14(21)12-22-17)27-16-8-6-15(7-9-16)23-18(25)11-20(2,3)4/h5-10,12-13H,11H2,1-4H3,(H,23,25)(H,22,24,26). The maximum atomic E-state index is 12.3. The lowest BCUT2D eigenvalue weighted by molar-refractivity contribution is -0.118. The van der Waals surface area contributed by atoms with E-state index in [0.717, 1.165) is 10.6 Å². The van der Waals surface area contributed by atoms with Gasteiger partial charge in [-0.05, 0) is 48.7 Å². The molecule has 0 bridgehead atoms. The smallest absolute Gasteiger partial charge is 0.238 e. The zero-order chi connectivity index (χ0) is 20.0. The Morgan fingerprint density at radius 3 is 2.33 bits per heavy atom. The van der Waals surface area contributed by atoms with Gasteiger partial charge in [-0.1, -0.05) is 32.4 Å². The van der Waals surface area contributed by atoms with Crippen LogP contribution in [0.3, 0.4) is 0 Å². The Morgan fingerprint density at radius 2 is 1.78 bits per heavy atom. The van der Waals surface area contributed by atoms with Crippen molar-refractivity contribution in [2.45, 2.75) is 44.3 Å². The van der Waals surface area contributed by atoms with Crippen molar-refractivity contribution in [1.82, 2.24) is 4.98 Å². The van der Waals surface area contributed by atoms with Crippen molar-refractivity contribution in [2.24, 2.45) is 5.41 Å². The molecule has 27 heavy (non-hydrogen) atoms. The van der Waals surface area contributed by atoms with E-state index in [-0.39, 0.29) is 22.5 Å². The topological polar surface area (TPSA) is 71.1 Å². The first-order valence-corrected chi connectivity index (χ1v) is 9.87. The van der Waals surface area contributed by atoms with Gasteiger partial charge in [-0.3, -0.25) is 9.59 Å². The van der Waals surface area contributed by atoms with Crippen LogP contribution in [0.5, 0.6) is 0 Å². The molecule has 0 fully saturated rings. The van der Waals surface area contributed by atoms with Crippen LogP contribution in [-0.4, -0.2) is 22.0 Å². The molecule has 0 aliphatic rings. The van der Waals surface area contributed by atoms with E-state index in [9.17, 15) is 9.59 Å². The van der Waals surface area contributed by atoms with Gasteiger partial charge in [0.25, 0.3) is 0 Å². The van der Waals surface area contributed by atoms with Crippen molar-refractivity contribution in [3.63, 3.8) is 0 Å². The average Bonchev–Trinajstić information content (AvgIpc) is 2.57. The number of nitrogens with zero attached hydrogens (tertiary/aromatic N) is 1. The van der Waals surface area contributed by atoms with E-state index in [4.69, 9.17) is 11.6 Å². The molecule has 1 unspecified atom stereocenters. The van der Waals surface area contributed by atoms with E-state index in [2.05, 4.69) is 15.6 Å². The summed E-state index contributed by atoms with van der Waals surface area (Å²) in [6.07, 6.45) is 1.95. The highest BCUT2D eigenvalue weighted by atomic mass is 35.5. The summed E-state index contributed by atoms with van der Waals surface area (Å²) in [5, 5.41) is 5.87. The number of thioether (sulfide) groups is 1. The summed E-state index contributed by atoms with van der Waals surface area (Å²) < 4.78 is 0. The number of hydrogen-bond donors (Lipinski definition) is 2. The average molecular weight is 406 g/mol. The van der Waals surface area contributed by atoms with E-state index in [0.29, 0.717) is 17.3 Å². The van der Waals surface area contributed by atoms with Crippen molar-refractivity contribution in [3.05, 3.63) is 47.6 Å². The van der Waals surface area contributed by atoms with Crippen molar-refractivity contribution in [2.75, 3.05) is 10.6 Å². The Bertz CT molecular complexity index is 786. The van der Waals surface area contributed by atoms with Gasteiger partial charge in [0.1, 0.15) is 5.82 Å². The number of carbonyl (C=O) groups excluding carboxylic acids is 2.